The van der Waals surface area contributed by atoms with E-state index in [1.54, 1.807) is 0 Å². The van der Waals surface area contributed by atoms with Crippen LogP contribution in [-0.4, -0.2) is 23.5 Å². The molecule has 1 aliphatic rings. The molecule has 1 aliphatic carbocycles. The van der Waals surface area contributed by atoms with Gasteiger partial charge < -0.3 is 10.6 Å². The predicted octanol–water partition coefficient (Wildman–Crippen LogP) is 9.37. The third-order valence-corrected chi connectivity index (χ3v) is 8.56. The molecule has 2 N–H and O–H groups in total. The molecule has 3 aromatic rings. The summed E-state index contributed by atoms with van der Waals surface area (Å²) in [4.78, 5) is 25.8. The highest BCUT2D eigenvalue weighted by Gasteiger charge is 2.51. The maximum atomic E-state index is 13.9. The lowest BCUT2D eigenvalue weighted by molar-refractivity contribution is -0.139. The van der Waals surface area contributed by atoms with Crippen LogP contribution in [0.5, 0.6) is 0 Å². The van der Waals surface area contributed by atoms with Crippen LogP contribution in [0.25, 0.3) is 6.08 Å². The summed E-state index contributed by atoms with van der Waals surface area (Å²) in [5, 5.41) is 5.02. The second kappa shape index (κ2) is 12.7. The van der Waals surface area contributed by atoms with E-state index >= 15 is 0 Å². The van der Waals surface area contributed by atoms with Gasteiger partial charge in [0.2, 0.25) is 5.91 Å². The molecule has 43 heavy (non-hydrogen) atoms. The lowest BCUT2D eigenvalue weighted by Gasteiger charge is -2.19. The molecule has 0 aromatic heterocycles. The number of hydrogen-bond donors (Lipinski definition) is 2. The van der Waals surface area contributed by atoms with E-state index in [9.17, 15) is 35.9 Å². The van der Waals surface area contributed by atoms with Crippen LogP contribution in [-0.2, 0) is 17.5 Å². The van der Waals surface area contributed by atoms with Gasteiger partial charge in [0, 0.05) is 11.0 Å². The van der Waals surface area contributed by atoms with Crippen molar-refractivity contribution in [2.24, 2.45) is 0 Å². The number of nitrogens with one attached hydrogen (secondary N) is 2. The minimum absolute atomic E-state index is 0.0351. The lowest BCUT2D eigenvalue weighted by Crippen LogP contribution is -2.48. The highest BCUT2D eigenvalue weighted by Crippen LogP contribution is 2.41. The number of carbonyl (C=O) groups excluding carboxylic acids is 2. The Balaban J connectivity index is 1.42. The monoisotopic (exact) mass is 726 g/mol. The van der Waals surface area contributed by atoms with Gasteiger partial charge in [0.05, 0.1) is 32.1 Å². The van der Waals surface area contributed by atoms with Gasteiger partial charge in [-0.15, -0.1) is 0 Å². The first-order chi connectivity index (χ1) is 20.0. The van der Waals surface area contributed by atoms with Crippen LogP contribution in [0, 0.1) is 0 Å². The molecule has 0 bridgehead atoms. The maximum Gasteiger partial charge on any atom is 0.416 e. The molecule has 0 radical (unpaired) electrons. The number of halogens is 10. The first-order valence-corrected chi connectivity index (χ1v) is 14.4. The van der Waals surface area contributed by atoms with E-state index in [1.165, 1.54) is 36.4 Å². The largest absolute Gasteiger partial charge is 0.416 e. The van der Waals surface area contributed by atoms with Gasteiger partial charge in [-0.1, -0.05) is 65.2 Å². The average molecular weight is 729 g/mol. The summed E-state index contributed by atoms with van der Waals surface area (Å²) < 4.78 is 80.1. The number of allylic oxidation sites excluding steroid dienone is 1. The first-order valence-electron chi connectivity index (χ1n) is 12.5. The Morgan fingerprint density at radius 1 is 0.930 bits per heavy atom. The van der Waals surface area contributed by atoms with Crippen molar-refractivity contribution in [2.75, 3.05) is 0 Å². The highest BCUT2D eigenvalue weighted by atomic mass is 79.9. The number of carbonyl (C=O) groups is 2. The molecule has 2 amide bonds. The van der Waals surface area contributed by atoms with Crippen LogP contribution in [0.15, 0.2) is 65.1 Å². The quantitative estimate of drug-likeness (QED) is 0.180. The molecule has 1 fully saturated rings. The topological polar surface area (TPSA) is 58.2 Å². The Morgan fingerprint density at radius 2 is 1.53 bits per heavy atom. The molecular weight excluding hydrogens is 709 g/mol. The Morgan fingerprint density at radius 3 is 2.05 bits per heavy atom. The fraction of sp³-hybridized carbons (Fsp3) is 0.241. The van der Waals surface area contributed by atoms with Gasteiger partial charge in [-0.3, -0.25) is 9.59 Å². The summed E-state index contributed by atoms with van der Waals surface area (Å²) >= 11 is 21.0. The summed E-state index contributed by atoms with van der Waals surface area (Å²) in [6.07, 6.45) is -6.27. The van der Waals surface area contributed by atoms with Gasteiger partial charge in [0.1, 0.15) is 5.54 Å². The van der Waals surface area contributed by atoms with Crippen molar-refractivity contribution in [3.63, 3.8) is 0 Å². The molecule has 1 saturated carbocycles. The number of amides is 2. The molecule has 1 unspecified atom stereocenters. The Labute approximate surface area is 265 Å². The zero-order chi connectivity index (χ0) is 31.7. The molecule has 4 nitrogen and oxygen atoms in total. The molecule has 14 heteroatoms. The van der Waals surface area contributed by atoms with Gasteiger partial charge in [-0.2, -0.15) is 26.3 Å². The summed E-state index contributed by atoms with van der Waals surface area (Å²) in [5.41, 5.74) is -1.25. The van der Waals surface area contributed by atoms with Crippen molar-refractivity contribution in [1.29, 1.82) is 0 Å². The fourth-order valence-electron chi connectivity index (χ4n) is 4.17. The fourth-order valence-corrected chi connectivity index (χ4v) is 5.36. The zero-order valence-corrected chi connectivity index (χ0v) is 25.5. The smallest absolute Gasteiger partial charge is 0.350 e. The Bertz CT molecular complexity index is 1550. The van der Waals surface area contributed by atoms with Crippen LogP contribution in [0.2, 0.25) is 15.1 Å². The zero-order valence-electron chi connectivity index (χ0n) is 21.6. The van der Waals surface area contributed by atoms with Crippen molar-refractivity contribution in [3.05, 3.63) is 108 Å². The molecule has 0 spiro atoms. The van der Waals surface area contributed by atoms with Crippen molar-refractivity contribution in [1.82, 2.24) is 10.6 Å². The molecule has 1 atom stereocenters. The molecular formula is C29H20BrCl3F6N2O2. The van der Waals surface area contributed by atoms with Crippen LogP contribution in [0.1, 0.15) is 51.4 Å². The second-order valence-electron chi connectivity index (χ2n) is 9.83. The van der Waals surface area contributed by atoms with E-state index in [0.29, 0.717) is 24.0 Å². The third kappa shape index (κ3) is 8.06. The van der Waals surface area contributed by atoms with Crippen LogP contribution in [0.3, 0.4) is 0 Å². The van der Waals surface area contributed by atoms with Crippen LogP contribution in [0.4, 0.5) is 26.3 Å². The van der Waals surface area contributed by atoms with E-state index in [0.717, 1.165) is 30.3 Å². The summed E-state index contributed by atoms with van der Waals surface area (Å²) in [6, 6.07) is 10.8. The average Bonchev–Trinajstić information content (AvgIpc) is 3.70. The predicted molar refractivity (Wildman–Crippen MR) is 156 cm³/mol. The summed E-state index contributed by atoms with van der Waals surface area (Å²) in [6.45, 7) is -0.0351. The third-order valence-electron chi connectivity index (χ3n) is 6.71. The Kier molecular flexibility index (Phi) is 9.80. The van der Waals surface area contributed by atoms with Gasteiger partial charge in [-0.05, 0) is 81.9 Å². The van der Waals surface area contributed by atoms with E-state index in [-0.39, 0.29) is 37.2 Å². The second-order valence-corrected chi connectivity index (χ2v) is 11.9. The van der Waals surface area contributed by atoms with Crippen molar-refractivity contribution in [3.8, 4) is 0 Å². The highest BCUT2D eigenvalue weighted by molar-refractivity contribution is 9.10. The first kappa shape index (κ1) is 33.2. The molecule has 3 aromatic carbocycles. The number of alkyl halides is 6. The minimum Gasteiger partial charge on any atom is -0.350 e. The lowest BCUT2D eigenvalue weighted by atomic mass is 9.97. The van der Waals surface area contributed by atoms with E-state index < -0.39 is 41.2 Å². The van der Waals surface area contributed by atoms with Crippen molar-refractivity contribution >= 4 is 68.6 Å². The summed E-state index contributed by atoms with van der Waals surface area (Å²) in [5.74, 6) is -3.13. The Hall–Kier alpha value is -2.73. The van der Waals surface area contributed by atoms with Crippen molar-refractivity contribution < 1.29 is 35.9 Å². The van der Waals surface area contributed by atoms with Gasteiger partial charge in [0.15, 0.2) is 0 Å². The number of hydrogen-bond acceptors (Lipinski definition) is 2. The minimum atomic E-state index is -4.67. The molecule has 0 aliphatic heterocycles. The van der Waals surface area contributed by atoms with E-state index in [2.05, 4.69) is 26.6 Å². The summed E-state index contributed by atoms with van der Waals surface area (Å²) in [7, 11) is 0. The van der Waals surface area contributed by atoms with Gasteiger partial charge in [0.25, 0.3) is 5.91 Å². The maximum absolute atomic E-state index is 13.9. The molecule has 0 heterocycles. The van der Waals surface area contributed by atoms with Crippen LogP contribution < -0.4 is 10.6 Å². The van der Waals surface area contributed by atoms with E-state index in [4.69, 9.17) is 34.8 Å². The number of rotatable bonds is 8. The SMILES string of the molecule is O=C(NC1(C(=O)NCc2ccc(C(F)(F)F)cc2)CC1)c1ccc(/C=C/C(c2cc(Cl)c(Cl)c(Cl)c2)C(F)(F)F)cc1Br. The van der Waals surface area contributed by atoms with Gasteiger partial charge in [-0.25, -0.2) is 0 Å². The van der Waals surface area contributed by atoms with Crippen molar-refractivity contribution in [2.45, 2.75) is 43.2 Å². The standard InChI is InChI=1S/C29H20BrCl3F6N2O2/c30-21-11-15(4-8-20(29(37,38)39)17-12-22(31)24(33)23(32)13-17)3-7-19(21)25(42)41-27(9-10-27)26(43)40-14-16-1-5-18(6-2-16)28(34,35)36/h1-8,11-13,20H,9-10,14H2,(H,40,43)(H,41,42)/b8-4+. The number of benzene rings is 3. The van der Waals surface area contributed by atoms with Crippen LogP contribution >= 0.6 is 50.7 Å². The molecule has 228 valence electrons. The normalized spacial score (nSPS) is 15.3. The van der Waals surface area contributed by atoms with E-state index in [1.807, 2.05) is 0 Å². The molecule has 0 saturated heterocycles. The molecule has 4 rings (SSSR count). The van der Waals surface area contributed by atoms with Gasteiger partial charge >= 0.3 is 12.4 Å².